The number of rotatable bonds is 5. The predicted molar refractivity (Wildman–Crippen MR) is 87.8 cm³/mol. The Labute approximate surface area is 138 Å². The molecule has 1 aliphatic heterocycles. The number of carbonyl (C=O) groups is 1. The van der Waals surface area contributed by atoms with Crippen molar-refractivity contribution in [2.45, 2.75) is 12.8 Å². The summed E-state index contributed by atoms with van der Waals surface area (Å²) in [5.41, 5.74) is 2.79. The molecule has 2 aromatic rings. The van der Waals surface area contributed by atoms with E-state index in [4.69, 9.17) is 4.74 Å². The quantitative estimate of drug-likeness (QED) is 0.819. The zero-order chi connectivity index (χ0) is 16.1. The summed E-state index contributed by atoms with van der Waals surface area (Å²) in [6, 6.07) is 1.72. The molecule has 1 amide bonds. The van der Waals surface area contributed by atoms with Crippen LogP contribution in [0.15, 0.2) is 23.2 Å². The number of hydrogen-bond donors (Lipinski definition) is 0. The molecule has 0 aromatic carbocycles. The van der Waals surface area contributed by atoms with Gasteiger partial charge in [0.1, 0.15) is 0 Å². The SMILES string of the molecule is COc1ccnc(N2CCN(C(=O)CCc3cscn3)CC2)n1. The van der Waals surface area contributed by atoms with Gasteiger partial charge < -0.3 is 14.5 Å². The average Bonchev–Trinajstić information content (AvgIpc) is 3.13. The van der Waals surface area contributed by atoms with Crippen LogP contribution in [0.1, 0.15) is 12.1 Å². The van der Waals surface area contributed by atoms with Crippen LogP contribution in [-0.4, -0.2) is 59.0 Å². The zero-order valence-corrected chi connectivity index (χ0v) is 13.8. The van der Waals surface area contributed by atoms with Gasteiger partial charge in [0.2, 0.25) is 17.7 Å². The maximum atomic E-state index is 12.3. The minimum atomic E-state index is 0.184. The Morgan fingerprint density at radius 2 is 2.13 bits per heavy atom. The minimum absolute atomic E-state index is 0.184. The lowest BCUT2D eigenvalue weighted by Gasteiger charge is -2.34. The molecule has 122 valence electrons. The van der Waals surface area contributed by atoms with Crippen LogP contribution in [0.3, 0.4) is 0 Å². The molecule has 0 saturated carbocycles. The van der Waals surface area contributed by atoms with E-state index in [2.05, 4.69) is 19.9 Å². The standard InChI is InChI=1S/C15H19N5O2S/c1-22-13-4-5-16-15(18-13)20-8-6-19(7-9-20)14(21)3-2-12-10-23-11-17-12/h4-5,10-11H,2-3,6-9H2,1H3. The van der Waals surface area contributed by atoms with Gasteiger partial charge in [-0.15, -0.1) is 11.3 Å². The lowest BCUT2D eigenvalue weighted by molar-refractivity contribution is -0.131. The van der Waals surface area contributed by atoms with E-state index >= 15 is 0 Å². The number of hydrogen-bond acceptors (Lipinski definition) is 7. The monoisotopic (exact) mass is 333 g/mol. The number of anilines is 1. The fourth-order valence-electron chi connectivity index (χ4n) is 2.51. The van der Waals surface area contributed by atoms with Crippen molar-refractivity contribution >= 4 is 23.2 Å². The topological polar surface area (TPSA) is 71.5 Å². The van der Waals surface area contributed by atoms with Crippen molar-refractivity contribution < 1.29 is 9.53 Å². The van der Waals surface area contributed by atoms with Gasteiger partial charge in [0.15, 0.2) is 0 Å². The predicted octanol–water partition coefficient (Wildman–Crippen LogP) is 1.22. The number of methoxy groups -OCH3 is 1. The largest absolute Gasteiger partial charge is 0.481 e. The maximum Gasteiger partial charge on any atom is 0.228 e. The first-order chi connectivity index (χ1) is 11.3. The number of ether oxygens (including phenoxy) is 1. The van der Waals surface area contributed by atoms with E-state index in [1.807, 2.05) is 10.3 Å². The van der Waals surface area contributed by atoms with Crippen molar-refractivity contribution in [2.24, 2.45) is 0 Å². The van der Waals surface area contributed by atoms with Gasteiger partial charge in [0.25, 0.3) is 0 Å². The number of piperazine rings is 1. The van der Waals surface area contributed by atoms with Crippen molar-refractivity contribution in [3.05, 3.63) is 28.8 Å². The molecule has 3 heterocycles. The van der Waals surface area contributed by atoms with Crippen LogP contribution in [-0.2, 0) is 11.2 Å². The van der Waals surface area contributed by atoms with E-state index in [0.717, 1.165) is 18.8 Å². The number of thiazole rings is 1. The second-order valence-corrected chi connectivity index (χ2v) is 5.97. The normalized spacial score (nSPS) is 14.8. The van der Waals surface area contributed by atoms with Crippen molar-refractivity contribution in [2.75, 3.05) is 38.2 Å². The molecule has 7 nitrogen and oxygen atoms in total. The highest BCUT2D eigenvalue weighted by Crippen LogP contribution is 2.15. The molecule has 0 bridgehead atoms. The Morgan fingerprint density at radius 3 is 2.83 bits per heavy atom. The average molecular weight is 333 g/mol. The molecule has 0 radical (unpaired) electrons. The molecule has 0 spiro atoms. The van der Waals surface area contributed by atoms with Gasteiger partial charge in [-0.05, 0) is 6.42 Å². The van der Waals surface area contributed by atoms with Gasteiger partial charge in [-0.2, -0.15) is 4.98 Å². The van der Waals surface area contributed by atoms with Gasteiger partial charge in [0.05, 0.1) is 18.3 Å². The van der Waals surface area contributed by atoms with E-state index in [-0.39, 0.29) is 5.91 Å². The molecule has 23 heavy (non-hydrogen) atoms. The van der Waals surface area contributed by atoms with Crippen LogP contribution in [0, 0.1) is 0 Å². The minimum Gasteiger partial charge on any atom is -0.481 e. The lowest BCUT2D eigenvalue weighted by Crippen LogP contribution is -2.49. The summed E-state index contributed by atoms with van der Waals surface area (Å²) >= 11 is 1.56. The van der Waals surface area contributed by atoms with E-state index in [0.29, 0.717) is 37.8 Å². The summed E-state index contributed by atoms with van der Waals surface area (Å²) in [5.74, 6) is 1.39. The summed E-state index contributed by atoms with van der Waals surface area (Å²) in [6.45, 7) is 2.85. The maximum absolute atomic E-state index is 12.3. The molecule has 8 heteroatoms. The zero-order valence-electron chi connectivity index (χ0n) is 13.0. The molecule has 0 aliphatic carbocycles. The molecular formula is C15H19N5O2S. The highest BCUT2D eigenvalue weighted by molar-refractivity contribution is 7.07. The summed E-state index contributed by atoms with van der Waals surface area (Å²) in [5, 5.41) is 1.99. The van der Waals surface area contributed by atoms with E-state index in [1.54, 1.807) is 36.2 Å². The van der Waals surface area contributed by atoms with Crippen LogP contribution in [0.5, 0.6) is 5.88 Å². The van der Waals surface area contributed by atoms with Crippen molar-refractivity contribution in [1.82, 2.24) is 19.9 Å². The van der Waals surface area contributed by atoms with Gasteiger partial charge in [-0.3, -0.25) is 4.79 Å². The first-order valence-corrected chi connectivity index (χ1v) is 8.47. The summed E-state index contributed by atoms with van der Waals surface area (Å²) in [7, 11) is 1.59. The molecule has 0 N–H and O–H groups in total. The third-order valence-corrected chi connectivity index (χ3v) is 4.46. The molecule has 0 atom stereocenters. The fourth-order valence-corrected chi connectivity index (χ4v) is 3.10. The highest BCUT2D eigenvalue weighted by Gasteiger charge is 2.22. The third kappa shape index (κ3) is 3.95. The summed E-state index contributed by atoms with van der Waals surface area (Å²) in [6.07, 6.45) is 2.91. The molecule has 1 fully saturated rings. The van der Waals surface area contributed by atoms with E-state index in [9.17, 15) is 4.79 Å². The van der Waals surface area contributed by atoms with Gasteiger partial charge in [-0.1, -0.05) is 0 Å². The molecular weight excluding hydrogens is 314 g/mol. The van der Waals surface area contributed by atoms with Gasteiger partial charge in [0, 0.05) is 50.2 Å². The second kappa shape index (κ2) is 7.36. The molecule has 1 saturated heterocycles. The van der Waals surface area contributed by atoms with Gasteiger partial charge >= 0.3 is 0 Å². The van der Waals surface area contributed by atoms with Crippen LogP contribution in [0.4, 0.5) is 5.95 Å². The fraction of sp³-hybridized carbons (Fsp3) is 0.467. The number of nitrogens with zero attached hydrogens (tertiary/aromatic N) is 5. The highest BCUT2D eigenvalue weighted by atomic mass is 32.1. The Hall–Kier alpha value is -2.22. The smallest absolute Gasteiger partial charge is 0.228 e. The third-order valence-electron chi connectivity index (χ3n) is 3.82. The molecule has 1 aliphatic rings. The van der Waals surface area contributed by atoms with Crippen LogP contribution < -0.4 is 9.64 Å². The van der Waals surface area contributed by atoms with Crippen LogP contribution >= 0.6 is 11.3 Å². The van der Waals surface area contributed by atoms with Crippen molar-refractivity contribution in [3.63, 3.8) is 0 Å². The van der Waals surface area contributed by atoms with Crippen LogP contribution in [0.25, 0.3) is 0 Å². The lowest BCUT2D eigenvalue weighted by atomic mass is 10.2. The molecule has 3 rings (SSSR count). The van der Waals surface area contributed by atoms with Gasteiger partial charge in [-0.25, -0.2) is 9.97 Å². The van der Waals surface area contributed by atoms with Crippen molar-refractivity contribution in [1.29, 1.82) is 0 Å². The summed E-state index contributed by atoms with van der Waals surface area (Å²) < 4.78 is 5.12. The first kappa shape index (κ1) is 15.7. The summed E-state index contributed by atoms with van der Waals surface area (Å²) in [4.78, 5) is 29.1. The Morgan fingerprint density at radius 1 is 1.30 bits per heavy atom. The number of aryl methyl sites for hydroxylation is 1. The molecule has 2 aromatic heterocycles. The van der Waals surface area contributed by atoms with Crippen molar-refractivity contribution in [3.8, 4) is 5.88 Å². The van der Waals surface area contributed by atoms with Crippen LogP contribution in [0.2, 0.25) is 0 Å². The second-order valence-electron chi connectivity index (χ2n) is 5.25. The number of carbonyl (C=O) groups excluding carboxylic acids is 1. The molecule has 0 unspecified atom stereocenters. The Kier molecular flexibility index (Phi) is 5.02. The Bertz CT molecular complexity index is 641. The van der Waals surface area contributed by atoms with E-state index < -0.39 is 0 Å². The number of aromatic nitrogens is 3. The first-order valence-electron chi connectivity index (χ1n) is 7.53. The van der Waals surface area contributed by atoms with E-state index in [1.165, 1.54) is 0 Å². The number of amides is 1. The Balaban J connectivity index is 1.50.